The second-order valence-corrected chi connectivity index (χ2v) is 5.94. The molecular weight excluding hydrogens is 336 g/mol. The zero-order chi connectivity index (χ0) is 18.3. The highest BCUT2D eigenvalue weighted by molar-refractivity contribution is 5.88. The van der Waals surface area contributed by atoms with E-state index in [2.05, 4.69) is 10.6 Å². The van der Waals surface area contributed by atoms with Crippen LogP contribution in [-0.2, 0) is 0 Å². The normalized spacial score (nSPS) is 21.3. The van der Waals surface area contributed by atoms with Crippen LogP contribution in [0.4, 0.5) is 9.59 Å². The third kappa shape index (κ3) is 2.46. The Morgan fingerprint density at radius 1 is 0.692 bits per heavy atom. The molecule has 4 amide bonds. The van der Waals surface area contributed by atoms with Crippen LogP contribution in [0.15, 0.2) is 48.5 Å². The molecule has 134 valence electrons. The summed E-state index contributed by atoms with van der Waals surface area (Å²) >= 11 is 0. The van der Waals surface area contributed by atoms with Gasteiger partial charge < -0.3 is 20.1 Å². The molecule has 0 bridgehead atoms. The van der Waals surface area contributed by atoms with Crippen molar-refractivity contribution in [1.82, 2.24) is 20.7 Å². The largest absolute Gasteiger partial charge is 0.497 e. The first-order chi connectivity index (χ1) is 12.6. The minimum Gasteiger partial charge on any atom is -0.497 e. The molecule has 2 aliphatic rings. The Morgan fingerprint density at radius 3 is 1.35 bits per heavy atom. The molecule has 0 aliphatic carbocycles. The molecule has 26 heavy (non-hydrogen) atoms. The number of rotatable bonds is 4. The third-order valence-electron chi connectivity index (χ3n) is 4.52. The van der Waals surface area contributed by atoms with Crippen molar-refractivity contribution in [1.29, 1.82) is 0 Å². The van der Waals surface area contributed by atoms with Crippen molar-refractivity contribution in [3.05, 3.63) is 59.7 Å². The molecular formula is C18H18N4O4. The molecule has 8 nitrogen and oxygen atoms in total. The van der Waals surface area contributed by atoms with Crippen molar-refractivity contribution < 1.29 is 19.1 Å². The Bertz CT molecular complexity index is 766. The molecule has 0 unspecified atom stereocenters. The number of nitrogens with one attached hydrogen (secondary N) is 2. The van der Waals surface area contributed by atoms with Crippen LogP contribution < -0.4 is 20.1 Å². The molecule has 2 fully saturated rings. The number of hydrogen-bond donors (Lipinski definition) is 2. The molecule has 2 aromatic carbocycles. The van der Waals surface area contributed by atoms with E-state index in [9.17, 15) is 9.59 Å². The summed E-state index contributed by atoms with van der Waals surface area (Å²) in [4.78, 5) is 25.1. The summed E-state index contributed by atoms with van der Waals surface area (Å²) in [5.41, 5.74) is 1.57. The van der Waals surface area contributed by atoms with Crippen molar-refractivity contribution in [3.8, 4) is 11.5 Å². The second kappa shape index (κ2) is 6.14. The molecule has 0 saturated carbocycles. The molecule has 2 N–H and O–H groups in total. The van der Waals surface area contributed by atoms with Crippen LogP contribution in [-0.4, -0.2) is 36.3 Å². The van der Waals surface area contributed by atoms with Crippen LogP contribution in [0.1, 0.15) is 23.5 Å². The number of hydrogen-bond acceptors (Lipinski definition) is 4. The highest BCUT2D eigenvalue weighted by Gasteiger charge is 2.51. The van der Waals surface area contributed by atoms with E-state index in [0.29, 0.717) is 11.5 Å². The highest BCUT2D eigenvalue weighted by Crippen LogP contribution is 2.37. The summed E-state index contributed by atoms with van der Waals surface area (Å²) in [7, 11) is 3.17. The summed E-state index contributed by atoms with van der Waals surface area (Å²) in [5, 5.41) is 8.50. The van der Waals surface area contributed by atoms with Crippen LogP contribution in [0, 0.1) is 0 Å². The number of amides is 4. The van der Waals surface area contributed by atoms with E-state index in [1.165, 1.54) is 10.0 Å². The van der Waals surface area contributed by atoms with Crippen LogP contribution in [0.3, 0.4) is 0 Å². The molecule has 0 radical (unpaired) electrons. The Morgan fingerprint density at radius 2 is 1.04 bits per heavy atom. The molecule has 2 aromatic rings. The first kappa shape index (κ1) is 16.1. The molecule has 8 heteroatoms. The van der Waals surface area contributed by atoms with Crippen molar-refractivity contribution >= 4 is 12.1 Å². The minimum atomic E-state index is -0.573. The van der Waals surface area contributed by atoms with Crippen LogP contribution in [0.2, 0.25) is 0 Å². The lowest BCUT2D eigenvalue weighted by Gasteiger charge is -2.24. The molecule has 0 aromatic heterocycles. The number of ether oxygens (including phenoxy) is 2. The SMILES string of the molecule is COc1ccc([C@H]2NC(=O)N3[C@H](c4ccc(OC)cc4)NC(=O)N23)cc1. The Labute approximate surface area is 150 Å². The van der Waals surface area contributed by atoms with E-state index >= 15 is 0 Å². The lowest BCUT2D eigenvalue weighted by molar-refractivity contribution is 0.0671. The first-order valence-electron chi connectivity index (χ1n) is 8.09. The summed E-state index contributed by atoms with van der Waals surface area (Å²) < 4.78 is 10.3. The first-order valence-corrected chi connectivity index (χ1v) is 8.09. The van der Waals surface area contributed by atoms with Crippen molar-refractivity contribution in [2.45, 2.75) is 12.3 Å². The van der Waals surface area contributed by atoms with E-state index in [4.69, 9.17) is 9.47 Å². The Kier molecular flexibility index (Phi) is 3.80. The smallest absolute Gasteiger partial charge is 0.340 e. The molecule has 2 atom stereocenters. The number of carbonyl (C=O) groups excluding carboxylic acids is 2. The second-order valence-electron chi connectivity index (χ2n) is 5.94. The van der Waals surface area contributed by atoms with Gasteiger partial charge in [-0.3, -0.25) is 0 Å². The van der Waals surface area contributed by atoms with Gasteiger partial charge in [-0.2, -0.15) is 0 Å². The number of hydrazine groups is 1. The summed E-state index contributed by atoms with van der Waals surface area (Å²) in [6.45, 7) is 0. The van der Waals surface area contributed by atoms with Gasteiger partial charge in [0.2, 0.25) is 0 Å². The number of methoxy groups -OCH3 is 2. The Balaban J connectivity index is 1.63. The van der Waals surface area contributed by atoms with Crippen LogP contribution >= 0.6 is 0 Å². The van der Waals surface area contributed by atoms with Gasteiger partial charge in [0.15, 0.2) is 12.3 Å². The molecule has 2 heterocycles. The molecule has 2 saturated heterocycles. The van der Waals surface area contributed by atoms with E-state index in [-0.39, 0.29) is 12.1 Å². The van der Waals surface area contributed by atoms with Crippen LogP contribution in [0.5, 0.6) is 11.5 Å². The van der Waals surface area contributed by atoms with Crippen LogP contribution in [0.25, 0.3) is 0 Å². The summed E-state index contributed by atoms with van der Waals surface area (Å²) in [5.74, 6) is 1.41. The summed E-state index contributed by atoms with van der Waals surface area (Å²) in [6, 6.07) is 13.8. The predicted molar refractivity (Wildman–Crippen MR) is 92.2 cm³/mol. The summed E-state index contributed by atoms with van der Waals surface area (Å²) in [6.07, 6.45) is -1.15. The Hall–Kier alpha value is -3.42. The maximum Gasteiger partial charge on any atom is 0.340 e. The zero-order valence-corrected chi connectivity index (χ0v) is 14.3. The van der Waals surface area contributed by atoms with E-state index in [1.54, 1.807) is 38.5 Å². The van der Waals surface area contributed by atoms with Gasteiger partial charge in [-0.25, -0.2) is 19.6 Å². The highest BCUT2D eigenvalue weighted by atomic mass is 16.5. The monoisotopic (exact) mass is 354 g/mol. The van der Waals surface area contributed by atoms with Gasteiger partial charge in [0.1, 0.15) is 11.5 Å². The van der Waals surface area contributed by atoms with Gasteiger partial charge in [0, 0.05) is 0 Å². The van der Waals surface area contributed by atoms with Gasteiger partial charge in [-0.1, -0.05) is 24.3 Å². The topological polar surface area (TPSA) is 83.1 Å². The van der Waals surface area contributed by atoms with Crippen molar-refractivity contribution in [2.75, 3.05) is 14.2 Å². The van der Waals surface area contributed by atoms with Gasteiger partial charge in [0.05, 0.1) is 14.2 Å². The third-order valence-corrected chi connectivity index (χ3v) is 4.52. The molecule has 4 rings (SSSR count). The zero-order valence-electron chi connectivity index (χ0n) is 14.3. The maximum atomic E-state index is 12.5. The standard InChI is InChI=1S/C18H18N4O4/c1-25-13-7-3-11(4-8-13)15-19-17(23)22-16(20-18(24)21(15)22)12-5-9-14(26-2)10-6-12/h3-10,15-16H,1-2H3,(H,19,23)(H,20,24)/t15-,16+. The number of fused-ring (bicyclic) bond motifs is 1. The van der Waals surface area contributed by atoms with Crippen molar-refractivity contribution in [2.24, 2.45) is 0 Å². The van der Waals surface area contributed by atoms with Gasteiger partial charge >= 0.3 is 12.1 Å². The van der Waals surface area contributed by atoms with Crippen molar-refractivity contribution in [3.63, 3.8) is 0 Å². The quantitative estimate of drug-likeness (QED) is 0.883. The molecule has 2 aliphatic heterocycles. The minimum absolute atomic E-state index is 0.343. The average molecular weight is 354 g/mol. The fraction of sp³-hybridized carbons (Fsp3) is 0.222. The average Bonchev–Trinajstić information content (AvgIpc) is 3.21. The fourth-order valence-corrected chi connectivity index (χ4v) is 3.19. The van der Waals surface area contributed by atoms with E-state index in [1.807, 2.05) is 24.3 Å². The van der Waals surface area contributed by atoms with E-state index in [0.717, 1.165) is 11.1 Å². The van der Waals surface area contributed by atoms with Gasteiger partial charge in [-0.05, 0) is 35.4 Å². The fourth-order valence-electron chi connectivity index (χ4n) is 3.19. The number of benzene rings is 2. The lowest BCUT2D eigenvalue weighted by Crippen LogP contribution is -2.36. The number of nitrogens with zero attached hydrogens (tertiary/aromatic N) is 2. The maximum absolute atomic E-state index is 12.5. The van der Waals surface area contributed by atoms with Gasteiger partial charge in [-0.15, -0.1) is 0 Å². The van der Waals surface area contributed by atoms with E-state index < -0.39 is 12.3 Å². The lowest BCUT2D eigenvalue weighted by atomic mass is 10.1. The van der Waals surface area contributed by atoms with Gasteiger partial charge in [0.25, 0.3) is 0 Å². The molecule has 0 spiro atoms. The number of urea groups is 2. The predicted octanol–water partition coefficient (Wildman–Crippen LogP) is 2.37. The number of carbonyl (C=O) groups is 2.